The molecule has 0 spiro atoms. The number of unbranched alkanes of at least 4 members (excludes halogenated alkanes) is 7. The molecule has 1 fully saturated rings. The molecule has 1 aromatic heterocycles. The van der Waals surface area contributed by atoms with Gasteiger partial charge in [-0.15, -0.1) is 0 Å². The summed E-state index contributed by atoms with van der Waals surface area (Å²) in [5.74, 6) is 2.65. The molecule has 33 heavy (non-hydrogen) atoms. The molecule has 3 nitrogen and oxygen atoms in total. The topological polar surface area (TPSA) is 35.0 Å². The first-order valence-corrected chi connectivity index (χ1v) is 13.8. The third-order valence-electron chi connectivity index (χ3n) is 7.31. The normalized spacial score (nSPS) is 18.4. The molecule has 2 aromatic rings. The fourth-order valence-electron chi connectivity index (χ4n) is 5.01. The lowest BCUT2D eigenvalue weighted by Crippen LogP contribution is -2.20. The number of nitrogens with zero attached hydrogens (tertiary/aromatic N) is 2. The summed E-state index contributed by atoms with van der Waals surface area (Å²) in [4.78, 5) is 9.32. The molecule has 3 heteroatoms. The van der Waals surface area contributed by atoms with E-state index in [0.717, 1.165) is 47.6 Å². The van der Waals surface area contributed by atoms with E-state index >= 15 is 0 Å². The Bertz CT molecular complexity index is 748. The van der Waals surface area contributed by atoms with Gasteiger partial charge in [0.15, 0.2) is 0 Å². The van der Waals surface area contributed by atoms with Crippen LogP contribution in [0.3, 0.4) is 0 Å². The van der Waals surface area contributed by atoms with Crippen molar-refractivity contribution in [2.75, 3.05) is 6.61 Å². The molecule has 1 aliphatic carbocycles. The molecule has 0 bridgehead atoms. The summed E-state index contributed by atoms with van der Waals surface area (Å²) in [7, 11) is 0. The van der Waals surface area contributed by atoms with Crippen molar-refractivity contribution >= 4 is 0 Å². The highest BCUT2D eigenvalue weighted by atomic mass is 16.5. The van der Waals surface area contributed by atoms with Gasteiger partial charge < -0.3 is 4.74 Å². The third-order valence-corrected chi connectivity index (χ3v) is 7.31. The predicted octanol–water partition coefficient (Wildman–Crippen LogP) is 8.81. The number of benzene rings is 1. The Hall–Kier alpha value is -1.90. The first-order valence-electron chi connectivity index (χ1n) is 13.8. The molecular weight excluding hydrogens is 404 g/mol. The molecule has 182 valence electrons. The second kappa shape index (κ2) is 15.1. The van der Waals surface area contributed by atoms with Crippen LogP contribution in [-0.2, 0) is 6.42 Å². The van der Waals surface area contributed by atoms with E-state index in [-0.39, 0.29) is 0 Å². The molecular formula is C30H46N2O. The van der Waals surface area contributed by atoms with Gasteiger partial charge in [0.05, 0.1) is 24.2 Å². The van der Waals surface area contributed by atoms with Crippen LogP contribution in [0.1, 0.15) is 109 Å². The molecule has 0 amide bonds. The van der Waals surface area contributed by atoms with Crippen LogP contribution in [0.25, 0.3) is 11.3 Å². The number of hydrogen-bond acceptors (Lipinski definition) is 3. The molecule has 0 atom stereocenters. The number of rotatable bonds is 15. The third kappa shape index (κ3) is 9.47. The minimum absolute atomic E-state index is 0.720. The second-order valence-corrected chi connectivity index (χ2v) is 10.1. The Labute approximate surface area is 202 Å². The maximum Gasteiger partial charge on any atom is 0.119 e. The molecule has 0 unspecified atom stereocenters. The largest absolute Gasteiger partial charge is 0.493 e. The van der Waals surface area contributed by atoms with Gasteiger partial charge >= 0.3 is 0 Å². The monoisotopic (exact) mass is 450 g/mol. The van der Waals surface area contributed by atoms with Crippen molar-refractivity contribution in [2.45, 2.75) is 110 Å². The van der Waals surface area contributed by atoms with Crippen LogP contribution < -0.4 is 4.74 Å². The van der Waals surface area contributed by atoms with Gasteiger partial charge in [0.1, 0.15) is 5.75 Å². The standard InChI is InChI=1S/C30H46N2O/c1-3-5-7-8-9-10-11-13-28-22-32-30(23-31-28)27-18-20-29(21-19-27)33-24-26-16-14-25(15-17-26)12-6-4-2/h18-23,25-26H,3-17,24H2,1-2H3/t25-,26-. The summed E-state index contributed by atoms with van der Waals surface area (Å²) < 4.78 is 6.12. The molecule has 0 radical (unpaired) electrons. The molecule has 1 heterocycles. The van der Waals surface area contributed by atoms with Crippen molar-refractivity contribution in [3.05, 3.63) is 42.4 Å². The Morgan fingerprint density at radius 3 is 2.06 bits per heavy atom. The molecule has 1 aromatic carbocycles. The highest BCUT2D eigenvalue weighted by Gasteiger charge is 2.21. The minimum Gasteiger partial charge on any atom is -0.493 e. The van der Waals surface area contributed by atoms with Crippen LogP contribution >= 0.6 is 0 Å². The van der Waals surface area contributed by atoms with Crippen molar-refractivity contribution in [3.63, 3.8) is 0 Å². The van der Waals surface area contributed by atoms with E-state index in [4.69, 9.17) is 4.74 Å². The fourth-order valence-corrected chi connectivity index (χ4v) is 5.01. The van der Waals surface area contributed by atoms with E-state index in [1.165, 1.54) is 89.9 Å². The Balaban J connectivity index is 1.35. The van der Waals surface area contributed by atoms with Gasteiger partial charge in [-0.25, -0.2) is 0 Å². The molecule has 3 rings (SSSR count). The van der Waals surface area contributed by atoms with Crippen molar-refractivity contribution in [1.29, 1.82) is 0 Å². The molecule has 0 N–H and O–H groups in total. The van der Waals surface area contributed by atoms with E-state index in [1.807, 2.05) is 12.4 Å². The zero-order valence-corrected chi connectivity index (χ0v) is 21.2. The molecule has 0 aliphatic heterocycles. The summed E-state index contributed by atoms with van der Waals surface area (Å²) in [6, 6.07) is 8.38. The minimum atomic E-state index is 0.720. The number of hydrogen-bond donors (Lipinski definition) is 0. The lowest BCUT2D eigenvalue weighted by atomic mass is 9.80. The quantitative estimate of drug-likeness (QED) is 0.254. The lowest BCUT2D eigenvalue weighted by Gasteiger charge is -2.28. The predicted molar refractivity (Wildman–Crippen MR) is 140 cm³/mol. The summed E-state index contributed by atoms with van der Waals surface area (Å²) >= 11 is 0. The first kappa shape index (κ1) is 25.7. The Morgan fingerprint density at radius 1 is 0.727 bits per heavy atom. The SMILES string of the molecule is CCCCCCCCCc1cnc(-c2ccc(OC[C@H]3CC[C@H](CCCC)CC3)cc2)cn1. The van der Waals surface area contributed by atoms with Crippen LogP contribution in [0.4, 0.5) is 0 Å². The summed E-state index contributed by atoms with van der Waals surface area (Å²) in [5.41, 5.74) is 3.15. The van der Waals surface area contributed by atoms with Crippen LogP contribution in [0, 0.1) is 11.8 Å². The average molecular weight is 451 g/mol. The lowest BCUT2D eigenvalue weighted by molar-refractivity contribution is 0.178. The van der Waals surface area contributed by atoms with E-state index in [0.29, 0.717) is 0 Å². The van der Waals surface area contributed by atoms with Gasteiger partial charge in [0.2, 0.25) is 0 Å². The highest BCUT2D eigenvalue weighted by Crippen LogP contribution is 2.32. The fraction of sp³-hybridized carbons (Fsp3) is 0.667. The number of aromatic nitrogens is 2. The summed E-state index contributed by atoms with van der Waals surface area (Å²) in [6.45, 7) is 5.42. The van der Waals surface area contributed by atoms with Crippen molar-refractivity contribution in [2.24, 2.45) is 11.8 Å². The highest BCUT2D eigenvalue weighted by molar-refractivity contribution is 5.58. The van der Waals surface area contributed by atoms with E-state index in [1.54, 1.807) is 0 Å². The van der Waals surface area contributed by atoms with Crippen LogP contribution in [0.2, 0.25) is 0 Å². The van der Waals surface area contributed by atoms with Crippen LogP contribution in [0.15, 0.2) is 36.7 Å². The number of ether oxygens (including phenoxy) is 1. The molecule has 0 saturated heterocycles. The smallest absolute Gasteiger partial charge is 0.119 e. The van der Waals surface area contributed by atoms with Gasteiger partial charge in [-0.05, 0) is 61.8 Å². The van der Waals surface area contributed by atoms with E-state index in [2.05, 4.69) is 48.1 Å². The van der Waals surface area contributed by atoms with Crippen LogP contribution in [0.5, 0.6) is 5.75 Å². The summed E-state index contributed by atoms with van der Waals surface area (Å²) in [6.07, 6.45) is 23.8. The van der Waals surface area contributed by atoms with Gasteiger partial charge in [-0.3, -0.25) is 9.97 Å². The van der Waals surface area contributed by atoms with Gasteiger partial charge in [0, 0.05) is 11.8 Å². The van der Waals surface area contributed by atoms with E-state index in [9.17, 15) is 0 Å². The number of aryl methyl sites for hydroxylation is 1. The Morgan fingerprint density at radius 2 is 1.39 bits per heavy atom. The molecule has 1 aliphatic rings. The van der Waals surface area contributed by atoms with Crippen molar-refractivity contribution in [3.8, 4) is 17.0 Å². The second-order valence-electron chi connectivity index (χ2n) is 10.1. The van der Waals surface area contributed by atoms with Gasteiger partial charge in [0.25, 0.3) is 0 Å². The summed E-state index contributed by atoms with van der Waals surface area (Å²) in [5, 5.41) is 0. The zero-order valence-electron chi connectivity index (χ0n) is 21.2. The maximum atomic E-state index is 6.12. The maximum absolute atomic E-state index is 6.12. The zero-order chi connectivity index (χ0) is 23.1. The first-order chi connectivity index (χ1) is 16.3. The van der Waals surface area contributed by atoms with E-state index < -0.39 is 0 Å². The van der Waals surface area contributed by atoms with Gasteiger partial charge in [-0.1, -0.05) is 84.5 Å². The van der Waals surface area contributed by atoms with Crippen molar-refractivity contribution < 1.29 is 4.74 Å². The molecule has 1 saturated carbocycles. The van der Waals surface area contributed by atoms with Gasteiger partial charge in [-0.2, -0.15) is 0 Å². The van der Waals surface area contributed by atoms with Crippen LogP contribution in [-0.4, -0.2) is 16.6 Å². The Kier molecular flexibility index (Phi) is 11.8. The van der Waals surface area contributed by atoms with Crippen molar-refractivity contribution in [1.82, 2.24) is 9.97 Å². The average Bonchev–Trinajstić information content (AvgIpc) is 2.87.